The van der Waals surface area contributed by atoms with E-state index in [0.29, 0.717) is 30.1 Å². The predicted molar refractivity (Wildman–Crippen MR) is 136 cm³/mol. The molecule has 1 aliphatic carbocycles. The van der Waals surface area contributed by atoms with Crippen molar-refractivity contribution in [1.82, 2.24) is 15.3 Å². The molecule has 5 rings (SSSR count). The van der Waals surface area contributed by atoms with Gasteiger partial charge in [-0.15, -0.1) is 11.3 Å². The highest BCUT2D eigenvalue weighted by Crippen LogP contribution is 2.39. The molecule has 0 unspecified atom stereocenters. The Kier molecular flexibility index (Phi) is 7.16. The van der Waals surface area contributed by atoms with Crippen LogP contribution in [-0.2, 0) is 17.8 Å². The summed E-state index contributed by atoms with van der Waals surface area (Å²) in [6, 6.07) is 12.5. The molecule has 3 aromatic heterocycles. The molecule has 0 spiro atoms. The molecule has 1 aromatic carbocycles. The van der Waals surface area contributed by atoms with Crippen LogP contribution < -0.4 is 10.1 Å². The van der Waals surface area contributed by atoms with Gasteiger partial charge in [0.2, 0.25) is 0 Å². The van der Waals surface area contributed by atoms with Crippen LogP contribution in [0.4, 0.5) is 4.39 Å². The van der Waals surface area contributed by atoms with Crippen LogP contribution in [0.3, 0.4) is 0 Å². The van der Waals surface area contributed by atoms with E-state index in [0.717, 1.165) is 52.3 Å². The smallest absolute Gasteiger partial charge is 0.166 e. The molecule has 1 fully saturated rings. The third-order valence-corrected chi connectivity index (χ3v) is 7.10. The molecule has 0 aliphatic heterocycles. The van der Waals surface area contributed by atoms with Crippen LogP contribution in [-0.4, -0.2) is 22.3 Å². The van der Waals surface area contributed by atoms with Gasteiger partial charge < -0.3 is 10.1 Å². The average Bonchev–Trinajstić information content (AvgIpc) is 3.55. The van der Waals surface area contributed by atoms with Gasteiger partial charge >= 0.3 is 0 Å². The molecule has 0 bridgehead atoms. The number of thiophene rings is 1. The van der Waals surface area contributed by atoms with Crippen LogP contribution in [0, 0.1) is 18.7 Å². The number of rotatable bonds is 11. The fourth-order valence-electron chi connectivity index (χ4n) is 3.93. The lowest BCUT2D eigenvalue weighted by atomic mass is 10.0. The van der Waals surface area contributed by atoms with Crippen molar-refractivity contribution in [3.8, 4) is 22.1 Å². The summed E-state index contributed by atoms with van der Waals surface area (Å²) in [6.45, 7) is 6.99. The first-order chi connectivity index (χ1) is 17.1. The van der Waals surface area contributed by atoms with Gasteiger partial charge in [-0.25, -0.2) is 4.39 Å². The van der Waals surface area contributed by atoms with Crippen LogP contribution in [0.15, 0.2) is 54.9 Å². The molecule has 0 saturated heterocycles. The molecule has 1 saturated carbocycles. The maximum Gasteiger partial charge on any atom is 0.166 e. The molecule has 0 atom stereocenters. The van der Waals surface area contributed by atoms with E-state index in [4.69, 9.17) is 11.7 Å². The number of nitrogens with one attached hydrogen (secondary N) is 1. The number of benzene rings is 1. The Labute approximate surface area is 208 Å². The predicted octanol–water partition coefficient (Wildman–Crippen LogP) is 6.39. The van der Waals surface area contributed by atoms with Crippen molar-refractivity contribution in [3.63, 3.8) is 0 Å². The van der Waals surface area contributed by atoms with Gasteiger partial charge in [0.25, 0.3) is 0 Å². The van der Waals surface area contributed by atoms with Gasteiger partial charge in [0.05, 0.1) is 20.8 Å². The maximum absolute atomic E-state index is 14.8. The van der Waals surface area contributed by atoms with Crippen LogP contribution in [0.25, 0.3) is 20.8 Å². The van der Waals surface area contributed by atoms with Crippen molar-refractivity contribution in [2.24, 2.45) is 5.92 Å². The molecular formula is C28H26FN3O2S. The second-order valence-electron chi connectivity index (χ2n) is 8.88. The Bertz CT molecular complexity index is 1330. The van der Waals surface area contributed by atoms with Crippen LogP contribution in [0.5, 0.6) is 11.5 Å². The number of pyridine rings is 2. The van der Waals surface area contributed by atoms with Crippen molar-refractivity contribution in [1.29, 1.82) is 0 Å². The summed E-state index contributed by atoms with van der Waals surface area (Å²) in [7, 11) is 0. The summed E-state index contributed by atoms with van der Waals surface area (Å²) < 4.78 is 21.6. The molecule has 3 heterocycles. The standard InChI is InChI=1S/C28H26FN3O2S/c1-2-10-30-16-20-5-7-23(32-17-20)27-15-24-28(35-27)26(9-11-31-24)34-25-8-6-19(14-22(25)29)13-21(33)12-18-3-4-18/h1,5-9,11,14-15,17-18,30H,2-4,10,12-13,16H2. The fourth-order valence-corrected chi connectivity index (χ4v) is 4.97. The van der Waals surface area contributed by atoms with Gasteiger partial charge in [-0.3, -0.25) is 14.8 Å². The van der Waals surface area contributed by atoms with E-state index >= 15 is 0 Å². The zero-order valence-corrected chi connectivity index (χ0v) is 20.1. The third kappa shape index (κ3) is 5.92. The Morgan fingerprint density at radius 3 is 2.71 bits per heavy atom. The van der Waals surface area contributed by atoms with Crippen molar-refractivity contribution in [2.75, 3.05) is 6.54 Å². The second kappa shape index (κ2) is 10.6. The number of fused-ring (bicyclic) bond motifs is 1. The van der Waals surface area contributed by atoms with Gasteiger partial charge in [-0.1, -0.05) is 12.1 Å². The zero-order valence-electron chi connectivity index (χ0n) is 19.3. The molecule has 7 heteroatoms. The van der Waals surface area contributed by atoms with Crippen LogP contribution >= 0.6 is 11.3 Å². The lowest BCUT2D eigenvalue weighted by Gasteiger charge is -2.09. The summed E-state index contributed by atoms with van der Waals surface area (Å²) in [5, 5.41) is 3.25. The number of carbonyl (C=O) groups is 1. The quantitative estimate of drug-likeness (QED) is 0.248. The molecule has 1 aliphatic rings. The first kappa shape index (κ1) is 23.6. The van der Waals surface area contributed by atoms with Crippen molar-refractivity contribution < 1.29 is 13.9 Å². The van der Waals surface area contributed by atoms with Gasteiger partial charge in [-0.2, -0.15) is 0 Å². The molecule has 4 aromatic rings. The highest BCUT2D eigenvalue weighted by atomic mass is 32.1. The Balaban J connectivity index is 1.31. The van der Waals surface area contributed by atoms with E-state index in [-0.39, 0.29) is 18.0 Å². The van der Waals surface area contributed by atoms with Crippen molar-refractivity contribution >= 4 is 27.3 Å². The number of aromatic nitrogens is 2. The van der Waals surface area contributed by atoms with Crippen LogP contribution in [0.2, 0.25) is 0 Å². The SMILES string of the molecule is [CH]CCNCc1ccc(-c2cc3nccc(Oc4ccc(CC(=O)CC5CC5)cc4F)c3s2)nc1. The molecule has 35 heavy (non-hydrogen) atoms. The normalized spacial score (nSPS) is 13.3. The summed E-state index contributed by atoms with van der Waals surface area (Å²) in [4.78, 5) is 22.1. The number of carbonyl (C=O) groups excluding carboxylic acids is 1. The fraction of sp³-hybridized carbons (Fsp3) is 0.286. The average molecular weight is 488 g/mol. The van der Waals surface area contributed by atoms with Gasteiger partial charge in [0.1, 0.15) is 11.5 Å². The second-order valence-corrected chi connectivity index (χ2v) is 9.93. The lowest BCUT2D eigenvalue weighted by Crippen LogP contribution is -2.13. The number of ether oxygens (including phenoxy) is 1. The van der Waals surface area contributed by atoms with E-state index in [9.17, 15) is 9.18 Å². The summed E-state index contributed by atoms with van der Waals surface area (Å²) in [5.41, 5.74) is 3.36. The third-order valence-electron chi connectivity index (χ3n) is 5.93. The molecule has 2 radical (unpaired) electrons. The maximum atomic E-state index is 14.8. The number of nitrogens with zero attached hydrogens (tertiary/aromatic N) is 2. The minimum absolute atomic E-state index is 0.123. The number of hydrogen-bond acceptors (Lipinski definition) is 6. The minimum Gasteiger partial charge on any atom is -0.453 e. The zero-order chi connectivity index (χ0) is 24.2. The number of Topliss-reactive ketones (excluding diaryl/α,β-unsaturated/α-hetero) is 1. The summed E-state index contributed by atoms with van der Waals surface area (Å²) in [5.74, 6) is 0.870. The minimum atomic E-state index is -0.482. The Hall–Kier alpha value is -3.16. The Morgan fingerprint density at radius 2 is 1.97 bits per heavy atom. The highest BCUT2D eigenvalue weighted by Gasteiger charge is 2.24. The van der Waals surface area contributed by atoms with E-state index in [2.05, 4.69) is 15.3 Å². The summed E-state index contributed by atoms with van der Waals surface area (Å²) >= 11 is 1.50. The number of halogens is 1. The molecule has 5 nitrogen and oxygen atoms in total. The molecule has 0 amide bonds. The topological polar surface area (TPSA) is 64.1 Å². The van der Waals surface area contributed by atoms with Crippen molar-refractivity contribution in [3.05, 3.63) is 78.7 Å². The monoisotopic (exact) mass is 487 g/mol. The van der Waals surface area contributed by atoms with Gasteiger partial charge in [0.15, 0.2) is 11.6 Å². The molecule has 178 valence electrons. The number of ketones is 1. The highest BCUT2D eigenvalue weighted by molar-refractivity contribution is 7.22. The molecule has 1 N–H and O–H groups in total. The first-order valence-electron chi connectivity index (χ1n) is 11.8. The lowest BCUT2D eigenvalue weighted by molar-refractivity contribution is -0.118. The van der Waals surface area contributed by atoms with E-state index in [1.165, 1.54) is 17.4 Å². The Morgan fingerprint density at radius 1 is 1.11 bits per heavy atom. The number of hydrogen-bond donors (Lipinski definition) is 1. The van der Waals surface area contributed by atoms with Crippen LogP contribution in [0.1, 0.15) is 36.8 Å². The summed E-state index contributed by atoms with van der Waals surface area (Å²) in [6.07, 6.45) is 7.21. The first-order valence-corrected chi connectivity index (χ1v) is 12.6. The van der Waals surface area contributed by atoms with E-state index < -0.39 is 5.82 Å². The largest absolute Gasteiger partial charge is 0.453 e. The van der Waals surface area contributed by atoms with Gasteiger partial charge in [-0.05, 0) is 74.0 Å². The van der Waals surface area contributed by atoms with Crippen molar-refractivity contribution in [2.45, 2.75) is 38.6 Å². The van der Waals surface area contributed by atoms with Gasteiger partial charge in [0, 0.05) is 37.8 Å². The molecular weight excluding hydrogens is 461 g/mol. The van der Waals surface area contributed by atoms with E-state index in [1.807, 2.05) is 24.4 Å². The van der Waals surface area contributed by atoms with E-state index in [1.54, 1.807) is 24.4 Å².